The molecule has 0 spiro atoms. The van der Waals surface area contributed by atoms with Crippen molar-refractivity contribution in [3.63, 3.8) is 0 Å². The van der Waals surface area contributed by atoms with E-state index in [0.29, 0.717) is 17.4 Å². The van der Waals surface area contributed by atoms with Gasteiger partial charge in [-0.2, -0.15) is 0 Å². The van der Waals surface area contributed by atoms with Crippen molar-refractivity contribution in [1.82, 2.24) is 10.9 Å². The summed E-state index contributed by atoms with van der Waals surface area (Å²) in [5.74, 6) is 1.53. The lowest BCUT2D eigenvalue weighted by atomic mass is 9.76. The predicted molar refractivity (Wildman–Crippen MR) is 90.0 cm³/mol. The second kappa shape index (κ2) is 7.40. The number of allylic oxidation sites excluding steroid dienone is 2. The second-order valence-corrected chi connectivity index (χ2v) is 6.78. The van der Waals surface area contributed by atoms with Gasteiger partial charge in [0.1, 0.15) is 0 Å². The van der Waals surface area contributed by atoms with Gasteiger partial charge < -0.3 is 14.9 Å². The van der Waals surface area contributed by atoms with Crippen molar-refractivity contribution >= 4 is 5.91 Å². The zero-order chi connectivity index (χ0) is 16.9. The molecule has 0 aliphatic heterocycles. The third-order valence-electron chi connectivity index (χ3n) is 3.80. The van der Waals surface area contributed by atoms with Gasteiger partial charge in [-0.3, -0.25) is 10.2 Å². The summed E-state index contributed by atoms with van der Waals surface area (Å²) in [5, 5.41) is 0. The Labute approximate surface area is 138 Å². The van der Waals surface area contributed by atoms with E-state index in [1.165, 1.54) is 0 Å². The Balaban J connectivity index is 1.83. The summed E-state index contributed by atoms with van der Waals surface area (Å²) in [7, 11) is 1.57. The maximum atomic E-state index is 11.9. The Morgan fingerprint density at radius 1 is 1.30 bits per heavy atom. The Morgan fingerprint density at radius 3 is 2.65 bits per heavy atom. The summed E-state index contributed by atoms with van der Waals surface area (Å²) >= 11 is 0. The summed E-state index contributed by atoms with van der Waals surface area (Å²) < 4.78 is 10.7. The first-order valence-electron chi connectivity index (χ1n) is 7.92. The minimum atomic E-state index is -0.229. The molecule has 1 amide bonds. The second-order valence-electron chi connectivity index (χ2n) is 6.78. The van der Waals surface area contributed by atoms with Crippen molar-refractivity contribution in [2.75, 3.05) is 13.7 Å². The molecule has 0 unspecified atom stereocenters. The summed E-state index contributed by atoms with van der Waals surface area (Å²) in [6.07, 6.45) is 4.29. The highest BCUT2D eigenvalue weighted by atomic mass is 16.5. The summed E-state index contributed by atoms with van der Waals surface area (Å²) in [6.45, 7) is 6.57. The molecule has 2 N–H and O–H groups in total. The molecule has 0 heterocycles. The lowest BCUT2D eigenvalue weighted by molar-refractivity contribution is -0.123. The average molecular weight is 318 g/mol. The van der Waals surface area contributed by atoms with Gasteiger partial charge in [0, 0.05) is 5.70 Å². The van der Waals surface area contributed by atoms with Crippen LogP contribution in [-0.4, -0.2) is 19.6 Å². The molecule has 1 aromatic rings. The minimum Gasteiger partial charge on any atom is -0.493 e. The topological polar surface area (TPSA) is 59.6 Å². The monoisotopic (exact) mass is 318 g/mol. The molecule has 1 aliphatic rings. The van der Waals surface area contributed by atoms with Gasteiger partial charge in [0.15, 0.2) is 18.1 Å². The largest absolute Gasteiger partial charge is 0.493 e. The fourth-order valence-corrected chi connectivity index (χ4v) is 3.09. The first-order valence-corrected chi connectivity index (χ1v) is 7.92. The van der Waals surface area contributed by atoms with Crippen molar-refractivity contribution in [1.29, 1.82) is 0 Å². The van der Waals surface area contributed by atoms with Gasteiger partial charge in [0.05, 0.1) is 7.11 Å². The van der Waals surface area contributed by atoms with Crippen molar-refractivity contribution < 1.29 is 14.3 Å². The summed E-state index contributed by atoms with van der Waals surface area (Å²) in [6, 6.07) is 7.26. The number of rotatable bonds is 6. The Kier molecular flexibility index (Phi) is 5.53. The smallest absolute Gasteiger partial charge is 0.276 e. The standard InChI is InChI=1S/C18H26N2O3/c1-13-9-14(11-18(2,3)10-13)19-20-17(21)12-23-16-8-6-5-7-15(16)22-4/h5-8,11,13,19H,9-10,12H2,1-4H3,(H,20,21)/t13-/m1/s1. The molecule has 0 fully saturated rings. The van der Waals surface area contributed by atoms with Crippen LogP contribution in [0.15, 0.2) is 36.0 Å². The molecule has 1 aliphatic carbocycles. The first-order chi connectivity index (χ1) is 10.9. The molecule has 0 bridgehead atoms. The van der Waals surface area contributed by atoms with Crippen LogP contribution >= 0.6 is 0 Å². The van der Waals surface area contributed by atoms with E-state index < -0.39 is 0 Å². The lowest BCUT2D eigenvalue weighted by Gasteiger charge is -2.32. The number of benzene rings is 1. The lowest BCUT2D eigenvalue weighted by Crippen LogP contribution is -2.41. The minimum absolute atomic E-state index is 0.0698. The maximum absolute atomic E-state index is 11.9. The van der Waals surface area contributed by atoms with Gasteiger partial charge in [-0.05, 0) is 36.3 Å². The van der Waals surface area contributed by atoms with Gasteiger partial charge in [-0.15, -0.1) is 0 Å². The quantitative estimate of drug-likeness (QED) is 0.792. The summed E-state index contributed by atoms with van der Waals surface area (Å²) in [5.41, 5.74) is 6.92. The Bertz CT molecular complexity index is 581. The van der Waals surface area contributed by atoms with Crippen LogP contribution < -0.4 is 20.3 Å². The molecular formula is C18H26N2O3. The number of para-hydroxylation sites is 2. The molecule has 126 valence electrons. The number of hydrazine groups is 1. The third kappa shape index (κ3) is 5.20. The highest BCUT2D eigenvalue weighted by molar-refractivity contribution is 5.77. The van der Waals surface area contributed by atoms with Crippen LogP contribution in [-0.2, 0) is 4.79 Å². The van der Waals surface area contributed by atoms with Crippen LogP contribution in [0.1, 0.15) is 33.6 Å². The van der Waals surface area contributed by atoms with E-state index in [-0.39, 0.29) is 17.9 Å². The van der Waals surface area contributed by atoms with Crippen LogP contribution in [0, 0.1) is 11.3 Å². The number of carbonyl (C=O) groups is 1. The maximum Gasteiger partial charge on any atom is 0.276 e. The van der Waals surface area contributed by atoms with E-state index in [9.17, 15) is 4.79 Å². The molecule has 0 saturated heterocycles. The number of ether oxygens (including phenoxy) is 2. The van der Waals surface area contributed by atoms with Gasteiger partial charge in [-0.25, -0.2) is 0 Å². The molecule has 1 aromatic carbocycles. The molecule has 0 saturated carbocycles. The Hall–Kier alpha value is -2.17. The number of carbonyl (C=O) groups excluding carboxylic acids is 1. The van der Waals surface area contributed by atoms with Crippen LogP contribution in [0.3, 0.4) is 0 Å². The van der Waals surface area contributed by atoms with E-state index >= 15 is 0 Å². The number of hydrogen-bond acceptors (Lipinski definition) is 4. The van der Waals surface area contributed by atoms with Gasteiger partial charge in [-0.1, -0.05) is 39.0 Å². The molecule has 0 radical (unpaired) electrons. The van der Waals surface area contributed by atoms with E-state index in [0.717, 1.165) is 18.5 Å². The zero-order valence-corrected chi connectivity index (χ0v) is 14.3. The van der Waals surface area contributed by atoms with Gasteiger partial charge in [0.25, 0.3) is 5.91 Å². The molecule has 5 heteroatoms. The third-order valence-corrected chi connectivity index (χ3v) is 3.80. The molecule has 0 aromatic heterocycles. The van der Waals surface area contributed by atoms with Gasteiger partial charge in [0.2, 0.25) is 0 Å². The van der Waals surface area contributed by atoms with E-state index in [1.807, 2.05) is 12.1 Å². The fourth-order valence-electron chi connectivity index (χ4n) is 3.09. The number of methoxy groups -OCH3 is 1. The highest BCUT2D eigenvalue weighted by Crippen LogP contribution is 2.35. The average Bonchev–Trinajstić information content (AvgIpc) is 2.49. The van der Waals surface area contributed by atoms with E-state index in [1.54, 1.807) is 19.2 Å². The zero-order valence-electron chi connectivity index (χ0n) is 14.3. The summed E-state index contributed by atoms with van der Waals surface area (Å²) in [4.78, 5) is 11.9. The number of amides is 1. The molecule has 2 rings (SSSR count). The van der Waals surface area contributed by atoms with E-state index in [2.05, 4.69) is 37.7 Å². The molecule has 5 nitrogen and oxygen atoms in total. The van der Waals surface area contributed by atoms with Crippen LogP contribution in [0.2, 0.25) is 0 Å². The molecule has 1 atom stereocenters. The number of nitrogens with one attached hydrogen (secondary N) is 2. The van der Waals surface area contributed by atoms with Crippen LogP contribution in [0.5, 0.6) is 11.5 Å². The van der Waals surface area contributed by atoms with Crippen molar-refractivity contribution in [2.45, 2.75) is 33.6 Å². The fraction of sp³-hybridized carbons (Fsp3) is 0.500. The highest BCUT2D eigenvalue weighted by Gasteiger charge is 2.25. The molecule has 23 heavy (non-hydrogen) atoms. The van der Waals surface area contributed by atoms with Gasteiger partial charge >= 0.3 is 0 Å². The van der Waals surface area contributed by atoms with E-state index in [4.69, 9.17) is 9.47 Å². The van der Waals surface area contributed by atoms with Crippen molar-refractivity contribution in [2.24, 2.45) is 11.3 Å². The van der Waals surface area contributed by atoms with Crippen LogP contribution in [0.4, 0.5) is 0 Å². The Morgan fingerprint density at radius 2 is 2.00 bits per heavy atom. The first kappa shape index (κ1) is 17.2. The SMILES string of the molecule is COc1ccccc1OCC(=O)NNC1=CC(C)(C)C[C@H](C)C1. The van der Waals surface area contributed by atoms with Crippen LogP contribution in [0.25, 0.3) is 0 Å². The van der Waals surface area contributed by atoms with Crippen molar-refractivity contribution in [3.05, 3.63) is 36.0 Å². The van der Waals surface area contributed by atoms with Crippen molar-refractivity contribution in [3.8, 4) is 11.5 Å². The molecular weight excluding hydrogens is 292 g/mol. The normalized spacial score (nSPS) is 19.5. The number of hydrogen-bond donors (Lipinski definition) is 2. The predicted octanol–water partition coefficient (Wildman–Crippen LogP) is 3.03.